The highest BCUT2D eigenvalue weighted by Gasteiger charge is 2.85. The lowest BCUT2D eigenvalue weighted by molar-refractivity contribution is -0.187. The summed E-state index contributed by atoms with van der Waals surface area (Å²) in [6.45, 7) is 10.2. The Morgan fingerprint density at radius 2 is 1.77 bits per heavy atom. The highest BCUT2D eigenvalue weighted by Crippen LogP contribution is 2.76. The Morgan fingerprint density at radius 1 is 1.09 bits per heavy atom. The van der Waals surface area contributed by atoms with E-state index in [-0.39, 0.29) is 44.4 Å². The van der Waals surface area contributed by atoms with Gasteiger partial charge in [-0.3, -0.25) is 19.2 Å². The Labute approximate surface area is 258 Å². The van der Waals surface area contributed by atoms with E-state index in [1.54, 1.807) is 26.0 Å². The van der Waals surface area contributed by atoms with Gasteiger partial charge < -0.3 is 24.4 Å². The Hall–Kier alpha value is -3.30. The van der Waals surface area contributed by atoms with Crippen LogP contribution < -0.4 is 0 Å². The van der Waals surface area contributed by atoms with Crippen molar-refractivity contribution in [3.63, 3.8) is 0 Å². The van der Waals surface area contributed by atoms with Crippen LogP contribution in [0.1, 0.15) is 66.4 Å². The number of benzene rings is 1. The SMILES string of the molecule is CC[C@@H](C)C(=O)OC[C@@]1(C)[C@@H]2[C@@H]3C=C(COC(C)=O)C[C@@]4(O)C(=O)C(C)=C[C@H]4[C@]3(O)[C@H](C)C[C@]21OC(=O)Cc1ccccc1. The van der Waals surface area contributed by atoms with Crippen LogP contribution in [0, 0.1) is 35.0 Å². The third-order valence-corrected chi connectivity index (χ3v) is 10.9. The van der Waals surface area contributed by atoms with E-state index in [1.165, 1.54) is 6.92 Å². The summed E-state index contributed by atoms with van der Waals surface area (Å²) >= 11 is 0. The molecule has 44 heavy (non-hydrogen) atoms. The molecule has 1 aromatic rings. The molecular weight excluding hydrogens is 564 g/mol. The fourth-order valence-electron chi connectivity index (χ4n) is 8.34. The van der Waals surface area contributed by atoms with Gasteiger partial charge >= 0.3 is 17.9 Å². The molecule has 2 fully saturated rings. The van der Waals surface area contributed by atoms with Crippen LogP contribution in [0.4, 0.5) is 0 Å². The monoisotopic (exact) mass is 608 g/mol. The lowest BCUT2D eigenvalue weighted by Crippen LogP contribution is -2.61. The standard InChI is InChI=1S/C35H44O9/c1-7-20(2)31(39)43-19-32(6)29-26-14-25(18-42-23(5)36)17-33(40)27(13-21(3)30(33)38)35(26,41)22(4)16-34(29,32)44-28(37)15-24-11-9-8-10-12-24/h8-14,20,22,26-27,29,40-41H,7,15-19H2,1-6H3/t20-,22-,26+,27-,29+,32+,33+,34+,35+/m1/s1. The van der Waals surface area contributed by atoms with Crippen molar-refractivity contribution in [1.82, 2.24) is 0 Å². The average molecular weight is 609 g/mol. The smallest absolute Gasteiger partial charge is 0.310 e. The molecule has 9 atom stereocenters. The van der Waals surface area contributed by atoms with Crippen LogP contribution in [-0.4, -0.2) is 63.9 Å². The molecule has 4 aliphatic rings. The third-order valence-electron chi connectivity index (χ3n) is 10.9. The maximum atomic E-state index is 13.5. The Morgan fingerprint density at radius 3 is 2.41 bits per heavy atom. The summed E-state index contributed by atoms with van der Waals surface area (Å²) in [5, 5.41) is 24.7. The third kappa shape index (κ3) is 4.92. The lowest BCUT2D eigenvalue weighted by atomic mass is 9.60. The summed E-state index contributed by atoms with van der Waals surface area (Å²) in [4.78, 5) is 51.5. The van der Waals surface area contributed by atoms with E-state index < -0.39 is 63.6 Å². The van der Waals surface area contributed by atoms with Crippen LogP contribution in [0.5, 0.6) is 0 Å². The van der Waals surface area contributed by atoms with Crippen molar-refractivity contribution in [3.05, 3.63) is 59.2 Å². The number of esters is 3. The van der Waals surface area contributed by atoms with E-state index in [2.05, 4.69) is 0 Å². The molecule has 0 spiro atoms. The largest absolute Gasteiger partial charge is 0.465 e. The number of rotatable bonds is 9. The van der Waals surface area contributed by atoms with Crippen molar-refractivity contribution in [2.75, 3.05) is 13.2 Å². The Balaban J connectivity index is 1.59. The summed E-state index contributed by atoms with van der Waals surface area (Å²) in [6, 6.07) is 9.26. The molecule has 0 heterocycles. The van der Waals surface area contributed by atoms with Gasteiger partial charge in [-0.05, 0) is 42.4 Å². The molecule has 0 bridgehead atoms. The molecule has 2 N–H and O–H groups in total. The first-order chi connectivity index (χ1) is 20.6. The first-order valence-electron chi connectivity index (χ1n) is 15.6. The van der Waals surface area contributed by atoms with Gasteiger partial charge in [0, 0.05) is 36.5 Å². The first-order valence-corrected chi connectivity index (χ1v) is 15.6. The van der Waals surface area contributed by atoms with Crippen molar-refractivity contribution < 1.29 is 43.6 Å². The molecule has 5 rings (SSSR count). The first kappa shape index (κ1) is 32.1. The van der Waals surface area contributed by atoms with Crippen LogP contribution in [0.15, 0.2) is 53.6 Å². The second-order valence-electron chi connectivity index (χ2n) is 13.7. The molecule has 9 heteroatoms. The van der Waals surface area contributed by atoms with Crippen LogP contribution in [0.2, 0.25) is 0 Å². The minimum Gasteiger partial charge on any atom is -0.465 e. The summed E-state index contributed by atoms with van der Waals surface area (Å²) in [6.07, 6.45) is 4.24. The number of ether oxygens (including phenoxy) is 3. The second kappa shape index (κ2) is 11.2. The van der Waals surface area contributed by atoms with Crippen molar-refractivity contribution in [3.8, 4) is 0 Å². The molecule has 0 aliphatic heterocycles. The van der Waals surface area contributed by atoms with E-state index in [0.29, 0.717) is 17.6 Å². The number of hydrogen-bond donors (Lipinski definition) is 2. The molecule has 238 valence electrons. The normalized spacial score (nSPS) is 37.7. The van der Waals surface area contributed by atoms with E-state index in [1.807, 2.05) is 51.1 Å². The van der Waals surface area contributed by atoms with Crippen molar-refractivity contribution in [2.24, 2.45) is 35.0 Å². The molecule has 0 radical (unpaired) electrons. The van der Waals surface area contributed by atoms with Crippen molar-refractivity contribution in [1.29, 1.82) is 0 Å². The zero-order valence-corrected chi connectivity index (χ0v) is 26.4. The minimum absolute atomic E-state index is 0.0331. The minimum atomic E-state index is -1.92. The fourth-order valence-corrected chi connectivity index (χ4v) is 8.34. The maximum Gasteiger partial charge on any atom is 0.310 e. The average Bonchev–Trinajstić information content (AvgIpc) is 3.42. The molecular formula is C35H44O9. The molecule has 0 saturated heterocycles. The van der Waals surface area contributed by atoms with Gasteiger partial charge in [-0.15, -0.1) is 0 Å². The number of Topliss-reactive ketones (excluding diaryl/α,β-unsaturated/α-hetero) is 1. The highest BCUT2D eigenvalue weighted by atomic mass is 16.6. The van der Waals surface area contributed by atoms with Gasteiger partial charge in [0.15, 0.2) is 5.78 Å². The molecule has 2 saturated carbocycles. The van der Waals surface area contributed by atoms with Gasteiger partial charge in [0.05, 0.1) is 17.9 Å². The molecule has 0 aromatic heterocycles. The Kier molecular flexibility index (Phi) is 8.21. The molecule has 0 amide bonds. The Bertz CT molecular complexity index is 1410. The topological polar surface area (TPSA) is 136 Å². The van der Waals surface area contributed by atoms with E-state index >= 15 is 0 Å². The number of hydrogen-bond acceptors (Lipinski definition) is 9. The van der Waals surface area contributed by atoms with Crippen LogP contribution >= 0.6 is 0 Å². The van der Waals surface area contributed by atoms with E-state index in [4.69, 9.17) is 14.2 Å². The maximum absolute atomic E-state index is 13.5. The number of fused-ring (bicyclic) bond motifs is 5. The van der Waals surface area contributed by atoms with Gasteiger partial charge in [-0.1, -0.05) is 70.2 Å². The molecule has 1 aromatic carbocycles. The van der Waals surface area contributed by atoms with Crippen LogP contribution in [-0.2, 0) is 39.8 Å². The lowest BCUT2D eigenvalue weighted by Gasteiger charge is -2.50. The van der Waals surface area contributed by atoms with E-state index in [0.717, 1.165) is 5.56 Å². The quantitative estimate of drug-likeness (QED) is 0.243. The van der Waals surface area contributed by atoms with Gasteiger partial charge in [-0.25, -0.2) is 0 Å². The summed E-state index contributed by atoms with van der Waals surface area (Å²) < 4.78 is 17.6. The van der Waals surface area contributed by atoms with Gasteiger partial charge in [-0.2, -0.15) is 0 Å². The van der Waals surface area contributed by atoms with Crippen LogP contribution in [0.25, 0.3) is 0 Å². The number of carbonyl (C=O) groups excluding carboxylic acids is 4. The highest BCUT2D eigenvalue weighted by molar-refractivity contribution is 6.04. The predicted octanol–water partition coefficient (Wildman–Crippen LogP) is 3.89. The fraction of sp³-hybridized carbons (Fsp3) is 0.600. The summed E-state index contributed by atoms with van der Waals surface area (Å²) in [5.41, 5.74) is -3.85. The molecule has 0 unspecified atom stereocenters. The number of aliphatic hydroxyl groups is 2. The second-order valence-corrected chi connectivity index (χ2v) is 13.7. The van der Waals surface area contributed by atoms with Gasteiger partial charge in [0.1, 0.15) is 24.4 Å². The van der Waals surface area contributed by atoms with Crippen LogP contribution in [0.3, 0.4) is 0 Å². The zero-order chi connectivity index (χ0) is 32.2. The van der Waals surface area contributed by atoms with E-state index in [9.17, 15) is 29.4 Å². The molecule has 9 nitrogen and oxygen atoms in total. The van der Waals surface area contributed by atoms with Gasteiger partial charge in [0.2, 0.25) is 0 Å². The summed E-state index contributed by atoms with van der Waals surface area (Å²) in [5.74, 6) is -4.81. The molecule has 4 aliphatic carbocycles. The summed E-state index contributed by atoms with van der Waals surface area (Å²) in [7, 11) is 0. The predicted molar refractivity (Wildman–Crippen MR) is 160 cm³/mol. The van der Waals surface area contributed by atoms with Crippen molar-refractivity contribution in [2.45, 2.75) is 84.0 Å². The van der Waals surface area contributed by atoms with Gasteiger partial charge in [0.25, 0.3) is 0 Å². The number of carbonyl (C=O) groups is 4. The number of ketones is 1. The van der Waals surface area contributed by atoms with Crippen molar-refractivity contribution >= 4 is 23.7 Å². The zero-order valence-electron chi connectivity index (χ0n) is 26.4.